The molecule has 0 amide bonds. The molecular weight excluding hydrogens is 330 g/mol. The van der Waals surface area contributed by atoms with Crippen molar-refractivity contribution >= 4 is 11.0 Å². The van der Waals surface area contributed by atoms with Crippen LogP contribution in [-0.4, -0.2) is 25.2 Å². The van der Waals surface area contributed by atoms with Crippen molar-refractivity contribution in [2.45, 2.75) is 26.3 Å². The van der Waals surface area contributed by atoms with Crippen molar-refractivity contribution in [3.05, 3.63) is 81.7 Å². The van der Waals surface area contributed by atoms with Gasteiger partial charge in [0.25, 0.3) is 0 Å². The smallest absolute Gasteiger partial charge is 0.336 e. The minimum absolute atomic E-state index is 0.375. The second-order valence-corrected chi connectivity index (χ2v) is 6.03. The summed E-state index contributed by atoms with van der Waals surface area (Å²) in [5.41, 5.74) is 3.05. The van der Waals surface area contributed by atoms with Crippen molar-refractivity contribution in [2.75, 3.05) is 0 Å². The third kappa shape index (κ3) is 3.23. The van der Waals surface area contributed by atoms with Crippen LogP contribution >= 0.6 is 0 Å². The zero-order valence-electron chi connectivity index (χ0n) is 14.3. The minimum Gasteiger partial charge on any atom is -0.423 e. The van der Waals surface area contributed by atoms with Crippen LogP contribution in [0.3, 0.4) is 0 Å². The molecule has 130 valence electrons. The summed E-state index contributed by atoms with van der Waals surface area (Å²) in [6.07, 6.45) is 3.14. The summed E-state index contributed by atoms with van der Waals surface area (Å²) in [6.45, 7) is 2.46. The molecule has 4 aromatic rings. The van der Waals surface area contributed by atoms with Crippen LogP contribution in [0.2, 0.25) is 0 Å². The van der Waals surface area contributed by atoms with E-state index in [9.17, 15) is 4.79 Å². The third-order valence-electron chi connectivity index (χ3n) is 4.29. The fourth-order valence-electron chi connectivity index (χ4n) is 2.92. The van der Waals surface area contributed by atoms with E-state index in [0.717, 1.165) is 28.6 Å². The van der Waals surface area contributed by atoms with Gasteiger partial charge in [0, 0.05) is 23.3 Å². The molecule has 0 radical (unpaired) electrons. The molecule has 1 aromatic carbocycles. The topological polar surface area (TPSA) is 86.7 Å². The van der Waals surface area contributed by atoms with Gasteiger partial charge in [0.05, 0.1) is 13.0 Å². The summed E-state index contributed by atoms with van der Waals surface area (Å²) in [4.78, 5) is 16.3. The number of hydrogen-bond acceptors (Lipinski definition) is 6. The molecule has 0 saturated carbocycles. The molecule has 3 heterocycles. The molecule has 0 aliphatic rings. The molecule has 0 spiro atoms. The highest BCUT2D eigenvalue weighted by atomic mass is 16.4. The number of nitrogens with zero attached hydrogens (tertiary/aromatic N) is 5. The van der Waals surface area contributed by atoms with Gasteiger partial charge in [0.15, 0.2) is 5.82 Å². The SMILES string of the molecule is CCc1ccc2c(Cn3nnnc3Cc3ccccn3)cc(=O)oc2c1. The van der Waals surface area contributed by atoms with Gasteiger partial charge in [-0.05, 0) is 46.2 Å². The summed E-state index contributed by atoms with van der Waals surface area (Å²) in [5.74, 6) is 0.690. The molecule has 26 heavy (non-hydrogen) atoms. The lowest BCUT2D eigenvalue weighted by molar-refractivity contribution is 0.553. The van der Waals surface area contributed by atoms with Gasteiger partial charge in [-0.25, -0.2) is 9.48 Å². The molecule has 0 aliphatic heterocycles. The predicted molar refractivity (Wildman–Crippen MR) is 95.8 cm³/mol. The normalized spacial score (nSPS) is 11.1. The maximum atomic E-state index is 12.0. The zero-order valence-corrected chi connectivity index (χ0v) is 14.3. The maximum absolute atomic E-state index is 12.0. The Morgan fingerprint density at radius 1 is 1.15 bits per heavy atom. The van der Waals surface area contributed by atoms with Crippen molar-refractivity contribution in [3.63, 3.8) is 0 Å². The first-order valence-electron chi connectivity index (χ1n) is 8.43. The van der Waals surface area contributed by atoms with Crippen LogP contribution in [0.15, 0.2) is 57.9 Å². The summed E-state index contributed by atoms with van der Waals surface area (Å²) in [7, 11) is 0. The number of fused-ring (bicyclic) bond motifs is 1. The van der Waals surface area contributed by atoms with E-state index >= 15 is 0 Å². The second-order valence-electron chi connectivity index (χ2n) is 6.03. The fourth-order valence-corrected chi connectivity index (χ4v) is 2.92. The molecule has 7 nitrogen and oxygen atoms in total. The van der Waals surface area contributed by atoms with Crippen LogP contribution in [0.1, 0.15) is 29.6 Å². The summed E-state index contributed by atoms with van der Waals surface area (Å²) >= 11 is 0. The van der Waals surface area contributed by atoms with Gasteiger partial charge < -0.3 is 4.42 Å². The van der Waals surface area contributed by atoms with Crippen molar-refractivity contribution < 1.29 is 4.42 Å². The Morgan fingerprint density at radius 2 is 2.08 bits per heavy atom. The van der Waals surface area contributed by atoms with Gasteiger partial charge in [-0.15, -0.1) is 5.10 Å². The number of pyridine rings is 1. The third-order valence-corrected chi connectivity index (χ3v) is 4.29. The van der Waals surface area contributed by atoms with Crippen LogP contribution in [0.5, 0.6) is 0 Å². The molecule has 3 aromatic heterocycles. The van der Waals surface area contributed by atoms with Crippen molar-refractivity contribution in [1.29, 1.82) is 0 Å². The molecule has 0 atom stereocenters. The highest BCUT2D eigenvalue weighted by Crippen LogP contribution is 2.20. The molecule has 7 heteroatoms. The predicted octanol–water partition coefficient (Wildman–Crippen LogP) is 2.38. The van der Waals surface area contributed by atoms with Crippen LogP contribution in [0.4, 0.5) is 0 Å². The Labute approximate surface area is 149 Å². The number of hydrogen-bond donors (Lipinski definition) is 0. The molecule has 0 unspecified atom stereocenters. The summed E-state index contributed by atoms with van der Waals surface area (Å²) < 4.78 is 7.05. The van der Waals surface area contributed by atoms with Crippen molar-refractivity contribution in [1.82, 2.24) is 25.2 Å². The Bertz CT molecular complexity index is 1100. The first-order valence-corrected chi connectivity index (χ1v) is 8.43. The van der Waals surface area contributed by atoms with Crippen molar-refractivity contribution in [2.24, 2.45) is 0 Å². The van der Waals surface area contributed by atoms with E-state index in [1.807, 2.05) is 36.4 Å². The minimum atomic E-state index is -0.375. The molecule has 0 N–H and O–H groups in total. The Kier molecular flexibility index (Phi) is 4.27. The standard InChI is InChI=1S/C19H17N5O2/c1-2-13-6-7-16-14(10-19(25)26-17(16)9-13)12-24-18(21-22-23-24)11-15-5-3-4-8-20-15/h3-10H,2,11-12H2,1H3. The van der Waals surface area contributed by atoms with E-state index in [1.54, 1.807) is 10.9 Å². The number of tetrazole rings is 1. The van der Waals surface area contributed by atoms with E-state index in [-0.39, 0.29) is 5.63 Å². The Balaban J connectivity index is 1.70. The van der Waals surface area contributed by atoms with E-state index in [4.69, 9.17) is 4.42 Å². The lowest BCUT2D eigenvalue weighted by atomic mass is 10.1. The van der Waals surface area contributed by atoms with Gasteiger partial charge >= 0.3 is 5.63 Å². The zero-order chi connectivity index (χ0) is 17.9. The summed E-state index contributed by atoms with van der Waals surface area (Å²) in [5, 5.41) is 12.8. The quantitative estimate of drug-likeness (QED) is 0.515. The van der Waals surface area contributed by atoms with Crippen molar-refractivity contribution in [3.8, 4) is 0 Å². The molecular formula is C19H17N5O2. The van der Waals surface area contributed by atoms with Gasteiger partial charge in [-0.3, -0.25) is 4.98 Å². The fraction of sp³-hybridized carbons (Fsp3) is 0.211. The van der Waals surface area contributed by atoms with E-state index in [2.05, 4.69) is 27.4 Å². The number of benzene rings is 1. The summed E-state index contributed by atoms with van der Waals surface area (Å²) in [6, 6.07) is 13.2. The number of rotatable bonds is 5. The lowest BCUT2D eigenvalue weighted by Gasteiger charge is -2.08. The van der Waals surface area contributed by atoms with Gasteiger partial charge in [-0.2, -0.15) is 0 Å². The first kappa shape index (κ1) is 16.1. The van der Waals surface area contributed by atoms with Crippen LogP contribution in [0.25, 0.3) is 11.0 Å². The van der Waals surface area contributed by atoms with E-state index in [1.165, 1.54) is 6.07 Å². The average Bonchev–Trinajstić information content (AvgIpc) is 3.08. The highest BCUT2D eigenvalue weighted by molar-refractivity contribution is 5.80. The van der Waals surface area contributed by atoms with Gasteiger partial charge in [-0.1, -0.05) is 25.1 Å². The van der Waals surface area contributed by atoms with Crippen LogP contribution in [0, 0.1) is 0 Å². The Hall–Kier alpha value is -3.35. The van der Waals surface area contributed by atoms with Gasteiger partial charge in [0.1, 0.15) is 5.58 Å². The molecule has 4 rings (SSSR count). The monoisotopic (exact) mass is 347 g/mol. The second kappa shape index (κ2) is 6.87. The average molecular weight is 347 g/mol. The largest absolute Gasteiger partial charge is 0.423 e. The van der Waals surface area contributed by atoms with Crippen LogP contribution < -0.4 is 5.63 Å². The number of aromatic nitrogens is 5. The van der Waals surface area contributed by atoms with E-state index < -0.39 is 0 Å². The molecule has 0 fully saturated rings. The molecule has 0 saturated heterocycles. The molecule has 0 bridgehead atoms. The number of aryl methyl sites for hydroxylation is 1. The van der Waals surface area contributed by atoms with Crippen LogP contribution in [-0.2, 0) is 19.4 Å². The lowest BCUT2D eigenvalue weighted by Crippen LogP contribution is -2.11. The first-order chi connectivity index (χ1) is 12.7. The maximum Gasteiger partial charge on any atom is 0.336 e. The highest BCUT2D eigenvalue weighted by Gasteiger charge is 2.12. The van der Waals surface area contributed by atoms with E-state index in [0.29, 0.717) is 24.4 Å². The Morgan fingerprint density at radius 3 is 2.88 bits per heavy atom. The molecule has 0 aliphatic carbocycles. The van der Waals surface area contributed by atoms with Gasteiger partial charge in [0.2, 0.25) is 0 Å².